The van der Waals surface area contributed by atoms with Gasteiger partial charge < -0.3 is 10.7 Å². The second-order valence-electron chi connectivity index (χ2n) is 5.30. The molecular formula is C14H20N2O2. The van der Waals surface area contributed by atoms with E-state index in [0.29, 0.717) is 11.8 Å². The summed E-state index contributed by atoms with van der Waals surface area (Å²) in [5.41, 5.74) is 6.47. The van der Waals surface area contributed by atoms with Gasteiger partial charge >= 0.3 is 0 Å². The van der Waals surface area contributed by atoms with Crippen molar-refractivity contribution in [3.8, 4) is 0 Å². The van der Waals surface area contributed by atoms with Crippen LogP contribution in [0.15, 0.2) is 23.1 Å². The Morgan fingerprint density at radius 2 is 2.22 bits per heavy atom. The molecule has 0 saturated heterocycles. The number of rotatable bonds is 3. The number of pyridine rings is 1. The second kappa shape index (κ2) is 5.38. The highest BCUT2D eigenvalue weighted by molar-refractivity contribution is 5.76. The van der Waals surface area contributed by atoms with Crippen LogP contribution >= 0.6 is 0 Å². The van der Waals surface area contributed by atoms with Crippen molar-refractivity contribution in [2.75, 3.05) is 0 Å². The fraction of sp³-hybridized carbons (Fsp3) is 0.571. The molecule has 1 fully saturated rings. The van der Waals surface area contributed by atoms with Gasteiger partial charge in [-0.3, -0.25) is 9.59 Å². The van der Waals surface area contributed by atoms with E-state index < -0.39 is 0 Å². The summed E-state index contributed by atoms with van der Waals surface area (Å²) < 4.78 is 0. The van der Waals surface area contributed by atoms with E-state index in [1.807, 2.05) is 13.0 Å². The number of H-pyrrole nitrogens is 1. The van der Waals surface area contributed by atoms with Gasteiger partial charge in [-0.25, -0.2) is 0 Å². The molecule has 1 saturated carbocycles. The van der Waals surface area contributed by atoms with Gasteiger partial charge in [-0.15, -0.1) is 0 Å². The number of amides is 1. The Morgan fingerprint density at radius 1 is 1.44 bits per heavy atom. The maximum atomic E-state index is 11.3. The standard InChI is InChI=1S/C14H20N2O2/c1-9(14(15)18)10-3-2-4-11(7-10)12-5-6-13(17)16-8-12/h5-6,8-11H,2-4,7H2,1H3,(H2,15,18)(H,16,17)/t9?,10-,11+/m0/s1. The predicted octanol–water partition coefficient (Wildman–Crippen LogP) is 1.77. The summed E-state index contributed by atoms with van der Waals surface area (Å²) in [7, 11) is 0. The van der Waals surface area contributed by atoms with E-state index in [0.717, 1.165) is 31.2 Å². The maximum absolute atomic E-state index is 11.3. The number of carbonyl (C=O) groups is 1. The van der Waals surface area contributed by atoms with Crippen LogP contribution in [0.1, 0.15) is 44.1 Å². The van der Waals surface area contributed by atoms with Gasteiger partial charge in [0.1, 0.15) is 0 Å². The lowest BCUT2D eigenvalue weighted by atomic mass is 9.73. The van der Waals surface area contributed by atoms with Gasteiger partial charge in [0.15, 0.2) is 0 Å². The first-order valence-corrected chi connectivity index (χ1v) is 6.56. The van der Waals surface area contributed by atoms with Crippen molar-refractivity contribution in [1.29, 1.82) is 0 Å². The Morgan fingerprint density at radius 3 is 2.83 bits per heavy atom. The Labute approximate surface area is 107 Å². The zero-order valence-electron chi connectivity index (χ0n) is 10.7. The number of nitrogens with one attached hydrogen (secondary N) is 1. The van der Waals surface area contributed by atoms with Crippen LogP contribution in [0.5, 0.6) is 0 Å². The van der Waals surface area contributed by atoms with Crippen molar-refractivity contribution in [1.82, 2.24) is 4.98 Å². The van der Waals surface area contributed by atoms with Gasteiger partial charge in [0.05, 0.1) is 0 Å². The van der Waals surface area contributed by atoms with Gasteiger partial charge in [-0.05, 0) is 36.7 Å². The molecule has 0 spiro atoms. The molecule has 0 aliphatic heterocycles. The molecule has 3 atom stereocenters. The minimum absolute atomic E-state index is 0.0597. The quantitative estimate of drug-likeness (QED) is 0.855. The summed E-state index contributed by atoms with van der Waals surface area (Å²) in [6.07, 6.45) is 6.09. The Kier molecular flexibility index (Phi) is 3.84. The van der Waals surface area contributed by atoms with Crippen LogP contribution in [0, 0.1) is 11.8 Å². The highest BCUT2D eigenvalue weighted by Crippen LogP contribution is 2.38. The van der Waals surface area contributed by atoms with Crippen LogP contribution in [-0.4, -0.2) is 10.9 Å². The molecule has 1 heterocycles. The molecule has 1 amide bonds. The topological polar surface area (TPSA) is 76.0 Å². The average Bonchev–Trinajstić information content (AvgIpc) is 2.38. The lowest BCUT2D eigenvalue weighted by molar-refractivity contribution is -0.123. The Balaban J connectivity index is 2.09. The highest BCUT2D eigenvalue weighted by atomic mass is 16.1. The van der Waals surface area contributed by atoms with Crippen molar-refractivity contribution >= 4 is 5.91 Å². The lowest BCUT2D eigenvalue weighted by Crippen LogP contribution is -2.30. The number of carbonyl (C=O) groups excluding carboxylic acids is 1. The van der Waals surface area contributed by atoms with Crippen molar-refractivity contribution in [3.05, 3.63) is 34.2 Å². The van der Waals surface area contributed by atoms with E-state index in [1.54, 1.807) is 12.3 Å². The third-order valence-corrected chi connectivity index (χ3v) is 4.15. The third-order valence-electron chi connectivity index (χ3n) is 4.15. The molecule has 1 aromatic rings. The van der Waals surface area contributed by atoms with Gasteiger partial charge in [-0.1, -0.05) is 19.4 Å². The first kappa shape index (κ1) is 12.9. The molecule has 4 nitrogen and oxygen atoms in total. The normalized spacial score (nSPS) is 25.6. The number of primary amides is 1. The minimum Gasteiger partial charge on any atom is -0.369 e. The zero-order chi connectivity index (χ0) is 13.1. The SMILES string of the molecule is CC(C(N)=O)[C@H]1CCC[C@@H](c2ccc(=O)[nH]c2)C1. The summed E-state index contributed by atoms with van der Waals surface area (Å²) in [6.45, 7) is 1.92. The van der Waals surface area contributed by atoms with Crippen LogP contribution in [-0.2, 0) is 4.79 Å². The van der Waals surface area contributed by atoms with E-state index in [1.165, 1.54) is 0 Å². The van der Waals surface area contributed by atoms with Crippen molar-refractivity contribution in [2.24, 2.45) is 17.6 Å². The van der Waals surface area contributed by atoms with Gasteiger partial charge in [0.2, 0.25) is 11.5 Å². The molecule has 0 bridgehead atoms. The summed E-state index contributed by atoms with van der Waals surface area (Å²) in [5, 5.41) is 0. The summed E-state index contributed by atoms with van der Waals surface area (Å²) in [6, 6.07) is 3.46. The molecule has 2 rings (SSSR count). The van der Waals surface area contributed by atoms with Gasteiger partial charge in [-0.2, -0.15) is 0 Å². The zero-order valence-corrected chi connectivity index (χ0v) is 10.7. The number of aromatic nitrogens is 1. The molecule has 98 valence electrons. The summed E-state index contributed by atoms with van der Waals surface area (Å²) >= 11 is 0. The first-order valence-electron chi connectivity index (χ1n) is 6.56. The molecule has 4 heteroatoms. The largest absolute Gasteiger partial charge is 0.369 e. The van der Waals surface area contributed by atoms with E-state index in [2.05, 4.69) is 4.98 Å². The smallest absolute Gasteiger partial charge is 0.247 e. The highest BCUT2D eigenvalue weighted by Gasteiger charge is 2.29. The molecule has 1 aliphatic rings. The van der Waals surface area contributed by atoms with Crippen molar-refractivity contribution in [2.45, 2.75) is 38.5 Å². The average molecular weight is 248 g/mol. The number of aromatic amines is 1. The lowest BCUT2D eigenvalue weighted by Gasteiger charge is -2.31. The molecule has 1 aliphatic carbocycles. The Bertz CT molecular complexity index is 460. The summed E-state index contributed by atoms with van der Waals surface area (Å²) in [4.78, 5) is 25.0. The molecule has 0 aromatic carbocycles. The molecule has 18 heavy (non-hydrogen) atoms. The third kappa shape index (κ3) is 2.81. The van der Waals surface area contributed by atoms with Gasteiger partial charge in [0.25, 0.3) is 0 Å². The van der Waals surface area contributed by atoms with E-state index in [9.17, 15) is 9.59 Å². The fourth-order valence-corrected chi connectivity index (χ4v) is 2.89. The number of nitrogens with two attached hydrogens (primary N) is 1. The summed E-state index contributed by atoms with van der Waals surface area (Å²) in [5.74, 6) is 0.535. The maximum Gasteiger partial charge on any atom is 0.247 e. The minimum atomic E-state index is -0.206. The number of hydrogen-bond acceptors (Lipinski definition) is 2. The van der Waals surface area contributed by atoms with Crippen LogP contribution in [0.25, 0.3) is 0 Å². The van der Waals surface area contributed by atoms with E-state index in [4.69, 9.17) is 5.73 Å². The predicted molar refractivity (Wildman–Crippen MR) is 70.1 cm³/mol. The molecule has 1 aromatic heterocycles. The molecule has 3 N–H and O–H groups in total. The molecular weight excluding hydrogens is 228 g/mol. The first-order chi connectivity index (χ1) is 8.58. The fourth-order valence-electron chi connectivity index (χ4n) is 2.89. The number of hydrogen-bond donors (Lipinski definition) is 2. The van der Waals surface area contributed by atoms with Gasteiger partial charge in [0, 0.05) is 18.2 Å². The van der Waals surface area contributed by atoms with E-state index in [-0.39, 0.29) is 17.4 Å². The molecule has 1 unspecified atom stereocenters. The van der Waals surface area contributed by atoms with Crippen LogP contribution < -0.4 is 11.3 Å². The van der Waals surface area contributed by atoms with E-state index >= 15 is 0 Å². The van der Waals surface area contributed by atoms with Crippen molar-refractivity contribution < 1.29 is 4.79 Å². The van der Waals surface area contributed by atoms with Crippen LogP contribution in [0.2, 0.25) is 0 Å². The monoisotopic (exact) mass is 248 g/mol. The van der Waals surface area contributed by atoms with Crippen LogP contribution in [0.3, 0.4) is 0 Å². The Hall–Kier alpha value is -1.58. The second-order valence-corrected chi connectivity index (χ2v) is 5.30. The molecule has 0 radical (unpaired) electrons. The van der Waals surface area contributed by atoms with Crippen LogP contribution in [0.4, 0.5) is 0 Å². The van der Waals surface area contributed by atoms with Crippen molar-refractivity contribution in [3.63, 3.8) is 0 Å².